The van der Waals surface area contributed by atoms with Crippen LogP contribution < -0.4 is 10.6 Å². The molecule has 1 saturated carbocycles. The van der Waals surface area contributed by atoms with Gasteiger partial charge in [0, 0.05) is 6.04 Å². The Labute approximate surface area is 144 Å². The van der Waals surface area contributed by atoms with Crippen molar-refractivity contribution in [3.63, 3.8) is 0 Å². The summed E-state index contributed by atoms with van der Waals surface area (Å²) in [5, 5.41) is 6.53. The van der Waals surface area contributed by atoms with Gasteiger partial charge in [-0.3, -0.25) is 10.1 Å². The lowest BCUT2D eigenvalue weighted by Gasteiger charge is -2.21. The molecule has 2 aromatic carbocycles. The molecule has 3 nitrogen and oxygen atoms in total. The fourth-order valence-electron chi connectivity index (χ4n) is 3.05. The summed E-state index contributed by atoms with van der Waals surface area (Å²) in [6, 6.07) is 19.1. The first-order chi connectivity index (χ1) is 11.6. The molecule has 2 atom stereocenters. The molecule has 24 heavy (non-hydrogen) atoms. The molecule has 1 aliphatic rings. The van der Waals surface area contributed by atoms with E-state index in [1.807, 2.05) is 18.2 Å². The normalized spacial score (nSPS) is 16.4. The van der Waals surface area contributed by atoms with Gasteiger partial charge < -0.3 is 5.32 Å². The van der Waals surface area contributed by atoms with Crippen LogP contribution in [0.4, 0.5) is 0 Å². The highest BCUT2D eigenvalue weighted by molar-refractivity contribution is 5.78. The van der Waals surface area contributed by atoms with Crippen molar-refractivity contribution in [2.24, 2.45) is 5.92 Å². The Kier molecular flexibility index (Phi) is 5.31. The molecule has 1 amide bonds. The number of carbonyl (C=O) groups is 1. The van der Waals surface area contributed by atoms with Crippen LogP contribution in [0.5, 0.6) is 0 Å². The number of hydrogen-bond acceptors (Lipinski definition) is 2. The van der Waals surface area contributed by atoms with Gasteiger partial charge in [0.15, 0.2) is 0 Å². The third-order valence-electron chi connectivity index (χ3n) is 4.73. The van der Waals surface area contributed by atoms with E-state index in [0.29, 0.717) is 12.5 Å². The largest absolute Gasteiger partial charge is 0.352 e. The zero-order chi connectivity index (χ0) is 16.9. The zero-order valence-corrected chi connectivity index (χ0v) is 14.5. The van der Waals surface area contributed by atoms with Gasteiger partial charge in [0.1, 0.15) is 0 Å². The number of benzene rings is 2. The second kappa shape index (κ2) is 7.63. The second-order valence-corrected chi connectivity index (χ2v) is 6.83. The quantitative estimate of drug-likeness (QED) is 0.818. The predicted molar refractivity (Wildman–Crippen MR) is 97.8 cm³/mol. The van der Waals surface area contributed by atoms with Gasteiger partial charge >= 0.3 is 0 Å². The molecule has 2 N–H and O–H groups in total. The lowest BCUT2D eigenvalue weighted by molar-refractivity contribution is -0.121. The summed E-state index contributed by atoms with van der Waals surface area (Å²) in [6.45, 7) is 4.51. The molecular weight excluding hydrogens is 296 g/mol. The first kappa shape index (κ1) is 16.7. The van der Waals surface area contributed by atoms with E-state index in [1.165, 1.54) is 29.5 Å². The summed E-state index contributed by atoms with van der Waals surface area (Å²) in [5.41, 5.74) is 3.58. The Balaban J connectivity index is 1.68. The molecule has 0 aliphatic heterocycles. The van der Waals surface area contributed by atoms with Gasteiger partial charge in [0.05, 0.1) is 12.6 Å². The topological polar surface area (TPSA) is 41.1 Å². The Morgan fingerprint density at radius 3 is 2.29 bits per heavy atom. The molecule has 0 radical (unpaired) electrons. The van der Waals surface area contributed by atoms with Crippen LogP contribution in [-0.4, -0.2) is 18.5 Å². The number of rotatable bonds is 7. The zero-order valence-electron chi connectivity index (χ0n) is 14.5. The minimum Gasteiger partial charge on any atom is -0.352 e. The molecule has 126 valence electrons. The molecule has 0 heterocycles. The Morgan fingerprint density at radius 1 is 1.04 bits per heavy atom. The molecule has 1 aliphatic carbocycles. The van der Waals surface area contributed by atoms with Crippen LogP contribution in [0.1, 0.15) is 42.5 Å². The van der Waals surface area contributed by atoms with Crippen molar-refractivity contribution in [3.8, 4) is 0 Å². The summed E-state index contributed by atoms with van der Waals surface area (Å²) >= 11 is 0. The molecule has 0 spiro atoms. The Hall–Kier alpha value is -2.13. The molecule has 0 aromatic heterocycles. The van der Waals surface area contributed by atoms with Crippen LogP contribution >= 0.6 is 0 Å². The first-order valence-electron chi connectivity index (χ1n) is 8.78. The minimum absolute atomic E-state index is 0.0220. The number of hydrogen-bond donors (Lipinski definition) is 2. The van der Waals surface area contributed by atoms with Gasteiger partial charge in [-0.05, 0) is 43.7 Å². The predicted octanol–water partition coefficient (Wildman–Crippen LogP) is 3.59. The minimum atomic E-state index is 0.0220. The molecule has 3 heteroatoms. The molecule has 0 unspecified atom stereocenters. The number of nitrogens with one attached hydrogen (secondary N) is 2. The summed E-state index contributed by atoms with van der Waals surface area (Å²) in [5.74, 6) is 0.749. The molecule has 0 saturated heterocycles. The van der Waals surface area contributed by atoms with E-state index in [0.717, 1.165) is 0 Å². The van der Waals surface area contributed by atoms with Crippen LogP contribution in [0.3, 0.4) is 0 Å². The standard InChI is InChI=1S/C21H26N2O/c1-15-8-10-19(11-9-15)21(18-6-4-3-5-7-18)22-14-20(24)23-16(2)17-12-13-17/h3-11,16-17,21-22H,12-14H2,1-2H3,(H,23,24)/t16-,21+/m0/s1. The first-order valence-corrected chi connectivity index (χ1v) is 8.78. The van der Waals surface area contributed by atoms with Gasteiger partial charge in [-0.15, -0.1) is 0 Å². The van der Waals surface area contributed by atoms with Crippen molar-refractivity contribution >= 4 is 5.91 Å². The van der Waals surface area contributed by atoms with Crippen LogP contribution in [0.2, 0.25) is 0 Å². The molecule has 0 bridgehead atoms. The van der Waals surface area contributed by atoms with Crippen LogP contribution in [0.15, 0.2) is 54.6 Å². The monoisotopic (exact) mass is 322 g/mol. The van der Waals surface area contributed by atoms with Crippen molar-refractivity contribution in [3.05, 3.63) is 71.3 Å². The van der Waals surface area contributed by atoms with Crippen molar-refractivity contribution in [2.45, 2.75) is 38.8 Å². The lowest BCUT2D eigenvalue weighted by Crippen LogP contribution is -2.41. The maximum atomic E-state index is 12.2. The number of carbonyl (C=O) groups excluding carboxylic acids is 1. The molecule has 1 fully saturated rings. The van der Waals surface area contributed by atoms with Crippen molar-refractivity contribution < 1.29 is 4.79 Å². The maximum Gasteiger partial charge on any atom is 0.234 e. The number of amides is 1. The van der Waals surface area contributed by atoms with Gasteiger partial charge in [-0.2, -0.15) is 0 Å². The smallest absolute Gasteiger partial charge is 0.234 e. The lowest BCUT2D eigenvalue weighted by atomic mass is 9.98. The van der Waals surface area contributed by atoms with E-state index >= 15 is 0 Å². The van der Waals surface area contributed by atoms with E-state index in [2.05, 4.69) is 60.9 Å². The second-order valence-electron chi connectivity index (χ2n) is 6.83. The van der Waals surface area contributed by atoms with Crippen LogP contribution in [0, 0.1) is 12.8 Å². The summed E-state index contributed by atoms with van der Waals surface area (Å²) < 4.78 is 0. The van der Waals surface area contributed by atoms with Crippen molar-refractivity contribution in [2.75, 3.05) is 6.54 Å². The van der Waals surface area contributed by atoms with Gasteiger partial charge in [-0.1, -0.05) is 60.2 Å². The average molecular weight is 322 g/mol. The molecule has 2 aromatic rings. The highest BCUT2D eigenvalue weighted by Crippen LogP contribution is 2.32. The maximum absolute atomic E-state index is 12.2. The summed E-state index contributed by atoms with van der Waals surface area (Å²) in [6.07, 6.45) is 2.48. The highest BCUT2D eigenvalue weighted by atomic mass is 16.2. The third-order valence-corrected chi connectivity index (χ3v) is 4.73. The van der Waals surface area contributed by atoms with Gasteiger partial charge in [-0.25, -0.2) is 0 Å². The Bertz CT molecular complexity index is 662. The molecule has 3 rings (SSSR count). The summed E-state index contributed by atoms with van der Waals surface area (Å²) in [4.78, 5) is 12.2. The van der Waals surface area contributed by atoms with Gasteiger partial charge in [0.2, 0.25) is 5.91 Å². The molecular formula is C21H26N2O. The summed E-state index contributed by atoms with van der Waals surface area (Å²) in [7, 11) is 0. The van der Waals surface area contributed by atoms with E-state index in [-0.39, 0.29) is 18.0 Å². The van der Waals surface area contributed by atoms with E-state index in [9.17, 15) is 4.79 Å². The van der Waals surface area contributed by atoms with Gasteiger partial charge in [0.25, 0.3) is 0 Å². The third kappa shape index (κ3) is 4.45. The van der Waals surface area contributed by atoms with Crippen LogP contribution in [0.25, 0.3) is 0 Å². The fourth-order valence-corrected chi connectivity index (χ4v) is 3.05. The SMILES string of the molecule is Cc1ccc([C@H](NCC(=O)N[C@@H](C)C2CC2)c2ccccc2)cc1. The van der Waals surface area contributed by atoms with Crippen LogP contribution in [-0.2, 0) is 4.79 Å². The highest BCUT2D eigenvalue weighted by Gasteiger charge is 2.28. The van der Waals surface area contributed by atoms with E-state index in [4.69, 9.17) is 0 Å². The average Bonchev–Trinajstić information content (AvgIpc) is 3.42. The van der Waals surface area contributed by atoms with E-state index < -0.39 is 0 Å². The fraction of sp³-hybridized carbons (Fsp3) is 0.381. The van der Waals surface area contributed by atoms with E-state index in [1.54, 1.807) is 0 Å². The number of aryl methyl sites for hydroxylation is 1. The Morgan fingerprint density at radius 2 is 1.67 bits per heavy atom. The van der Waals surface area contributed by atoms with Crippen molar-refractivity contribution in [1.29, 1.82) is 0 Å². The van der Waals surface area contributed by atoms with Crippen molar-refractivity contribution in [1.82, 2.24) is 10.6 Å².